The standard InChI is InChI=1S/C34H40N/c1-27(34(24-12-25-34)26-23-28-13-5-2-6-14-28)21-22-31-19-11-20-32(29-15-7-3-8-16-29)33(35-31)30-17-9-4-10-18-30/h3-4,7-10,12,15-20,24-25,27-28H,2,5-6,11,13-14,21-23,26H2,1H3. The zero-order chi connectivity index (χ0) is 23.9. The fraction of sp³-hybridized carbons (Fsp3) is 0.412. The number of aliphatic imine (C=N–C) groups is 1. The summed E-state index contributed by atoms with van der Waals surface area (Å²) in [6.45, 7) is 2.47. The van der Waals surface area contributed by atoms with Crippen molar-refractivity contribution in [3.05, 3.63) is 108 Å². The van der Waals surface area contributed by atoms with Gasteiger partial charge in [-0.1, -0.05) is 124 Å². The van der Waals surface area contributed by atoms with Gasteiger partial charge in [-0.05, 0) is 61.3 Å². The maximum absolute atomic E-state index is 5.30. The second-order valence-electron chi connectivity index (χ2n) is 10.9. The van der Waals surface area contributed by atoms with Crippen LogP contribution < -0.4 is 0 Å². The van der Waals surface area contributed by atoms with Crippen LogP contribution in [-0.2, 0) is 0 Å². The summed E-state index contributed by atoms with van der Waals surface area (Å²) in [4.78, 5) is 5.30. The van der Waals surface area contributed by atoms with E-state index in [1.807, 2.05) is 0 Å². The number of hydrogen-bond donors (Lipinski definition) is 0. The van der Waals surface area contributed by atoms with E-state index in [2.05, 4.69) is 98.3 Å². The van der Waals surface area contributed by atoms with Gasteiger partial charge in [-0.3, -0.25) is 4.99 Å². The molecule has 35 heavy (non-hydrogen) atoms. The Hall–Kier alpha value is -2.67. The van der Waals surface area contributed by atoms with Crippen LogP contribution in [0, 0.1) is 23.7 Å². The topological polar surface area (TPSA) is 12.4 Å². The largest absolute Gasteiger partial charge is 0.253 e. The highest BCUT2D eigenvalue weighted by atomic mass is 14.8. The minimum absolute atomic E-state index is 0.308. The van der Waals surface area contributed by atoms with Crippen molar-refractivity contribution < 1.29 is 0 Å². The first-order valence-electron chi connectivity index (χ1n) is 13.9. The van der Waals surface area contributed by atoms with Crippen molar-refractivity contribution in [2.75, 3.05) is 0 Å². The maximum atomic E-state index is 5.30. The smallest absolute Gasteiger partial charge is 0.0780 e. The summed E-state index contributed by atoms with van der Waals surface area (Å²) in [6, 6.07) is 21.4. The molecule has 0 N–H and O–H groups in total. The van der Waals surface area contributed by atoms with Crippen molar-refractivity contribution in [1.29, 1.82) is 0 Å². The Balaban J connectivity index is 1.29. The zero-order valence-corrected chi connectivity index (χ0v) is 21.3. The van der Waals surface area contributed by atoms with E-state index in [1.165, 1.54) is 73.8 Å². The Morgan fingerprint density at radius 1 is 0.886 bits per heavy atom. The lowest BCUT2D eigenvalue weighted by Crippen LogP contribution is -2.32. The summed E-state index contributed by atoms with van der Waals surface area (Å²) in [7, 11) is 0. The molecule has 0 saturated heterocycles. The molecule has 5 rings (SSSR count). The molecule has 2 unspecified atom stereocenters. The van der Waals surface area contributed by atoms with E-state index in [0.717, 1.165) is 24.5 Å². The number of allylic oxidation sites excluding steroid dienone is 6. The summed E-state index contributed by atoms with van der Waals surface area (Å²) in [5.41, 5.74) is 6.34. The molecular formula is C34H40N. The molecule has 1 fully saturated rings. The normalized spacial score (nSPS) is 23.5. The molecule has 181 valence electrons. The van der Waals surface area contributed by atoms with E-state index in [4.69, 9.17) is 4.99 Å². The van der Waals surface area contributed by atoms with E-state index in [0.29, 0.717) is 11.3 Å². The molecule has 0 spiro atoms. The zero-order valence-electron chi connectivity index (χ0n) is 21.3. The average molecular weight is 463 g/mol. The van der Waals surface area contributed by atoms with Crippen LogP contribution in [0.15, 0.2) is 95.7 Å². The molecule has 1 heterocycles. The summed E-state index contributed by atoms with van der Waals surface area (Å²) in [5, 5.41) is 0. The quantitative estimate of drug-likeness (QED) is 0.352. The molecule has 2 atom stereocenters. The fourth-order valence-electron chi connectivity index (χ4n) is 6.15. The van der Waals surface area contributed by atoms with Crippen LogP contribution in [0.4, 0.5) is 0 Å². The van der Waals surface area contributed by atoms with E-state index >= 15 is 0 Å². The predicted octanol–water partition coefficient (Wildman–Crippen LogP) is 9.38. The monoisotopic (exact) mass is 462 g/mol. The van der Waals surface area contributed by atoms with Crippen molar-refractivity contribution >= 4 is 11.3 Å². The van der Waals surface area contributed by atoms with E-state index in [9.17, 15) is 0 Å². The molecule has 0 amide bonds. The van der Waals surface area contributed by atoms with Crippen molar-refractivity contribution in [3.63, 3.8) is 0 Å². The van der Waals surface area contributed by atoms with Gasteiger partial charge in [0.2, 0.25) is 0 Å². The summed E-state index contributed by atoms with van der Waals surface area (Å²) < 4.78 is 0. The molecule has 0 aromatic heterocycles. The van der Waals surface area contributed by atoms with Crippen LogP contribution in [0.5, 0.6) is 0 Å². The maximum Gasteiger partial charge on any atom is 0.0780 e. The Labute approximate surface area is 212 Å². The van der Waals surface area contributed by atoms with Gasteiger partial charge in [0, 0.05) is 16.8 Å². The SMILES string of the molecule is CC(CCC1=CCC=C(c2ccccc2)C(c2ccccc2)=N1)C1(CCC2CCCCC2)[CH]C=C1. The molecular weight excluding hydrogens is 422 g/mol. The molecule has 1 radical (unpaired) electrons. The van der Waals surface area contributed by atoms with Gasteiger partial charge in [0.15, 0.2) is 0 Å². The molecule has 2 aromatic carbocycles. The molecule has 2 aliphatic carbocycles. The molecule has 2 aromatic rings. The third kappa shape index (κ3) is 5.77. The second kappa shape index (κ2) is 11.4. The molecule has 1 nitrogen and oxygen atoms in total. The van der Waals surface area contributed by atoms with Gasteiger partial charge >= 0.3 is 0 Å². The van der Waals surface area contributed by atoms with Crippen LogP contribution in [0.3, 0.4) is 0 Å². The highest BCUT2D eigenvalue weighted by molar-refractivity contribution is 6.32. The van der Waals surface area contributed by atoms with E-state index < -0.39 is 0 Å². The average Bonchev–Trinajstić information content (AvgIpc) is 3.11. The number of nitrogens with zero attached hydrogens (tertiary/aromatic N) is 1. The van der Waals surface area contributed by atoms with Gasteiger partial charge in [0.05, 0.1) is 5.71 Å². The number of hydrogen-bond acceptors (Lipinski definition) is 1. The van der Waals surface area contributed by atoms with Gasteiger partial charge in [-0.2, -0.15) is 0 Å². The highest BCUT2D eigenvalue weighted by Gasteiger charge is 2.37. The molecule has 0 bridgehead atoms. The van der Waals surface area contributed by atoms with Gasteiger partial charge in [-0.25, -0.2) is 0 Å². The second-order valence-corrected chi connectivity index (χ2v) is 10.9. The first-order chi connectivity index (χ1) is 17.2. The molecule has 1 aliphatic heterocycles. The lowest BCUT2D eigenvalue weighted by Gasteiger charge is -2.42. The third-order valence-electron chi connectivity index (χ3n) is 8.59. The van der Waals surface area contributed by atoms with Crippen LogP contribution >= 0.6 is 0 Å². The lowest BCUT2D eigenvalue weighted by atomic mass is 9.62. The van der Waals surface area contributed by atoms with Crippen LogP contribution in [0.2, 0.25) is 0 Å². The van der Waals surface area contributed by atoms with Crippen LogP contribution in [-0.4, -0.2) is 5.71 Å². The summed E-state index contributed by atoms with van der Waals surface area (Å²) >= 11 is 0. The molecule has 3 aliphatic rings. The predicted molar refractivity (Wildman–Crippen MR) is 150 cm³/mol. The summed E-state index contributed by atoms with van der Waals surface area (Å²) in [6.07, 6.45) is 25.1. The Morgan fingerprint density at radius 3 is 2.23 bits per heavy atom. The molecule has 1 heteroatoms. The highest BCUT2D eigenvalue weighted by Crippen LogP contribution is 2.47. The summed E-state index contributed by atoms with van der Waals surface area (Å²) in [5.74, 6) is 1.61. The van der Waals surface area contributed by atoms with Crippen LogP contribution in [0.25, 0.3) is 5.57 Å². The van der Waals surface area contributed by atoms with Crippen molar-refractivity contribution in [1.82, 2.24) is 0 Å². The minimum atomic E-state index is 0.308. The van der Waals surface area contributed by atoms with Gasteiger partial charge in [-0.15, -0.1) is 0 Å². The van der Waals surface area contributed by atoms with Crippen LogP contribution in [0.1, 0.15) is 82.3 Å². The van der Waals surface area contributed by atoms with E-state index in [-0.39, 0.29) is 0 Å². The van der Waals surface area contributed by atoms with Crippen molar-refractivity contribution in [2.24, 2.45) is 22.2 Å². The number of rotatable bonds is 9. The van der Waals surface area contributed by atoms with Crippen molar-refractivity contribution in [3.8, 4) is 0 Å². The van der Waals surface area contributed by atoms with Gasteiger partial charge in [0.1, 0.15) is 0 Å². The minimum Gasteiger partial charge on any atom is -0.253 e. The fourth-order valence-corrected chi connectivity index (χ4v) is 6.15. The Morgan fingerprint density at radius 2 is 1.57 bits per heavy atom. The Kier molecular flexibility index (Phi) is 7.82. The first-order valence-corrected chi connectivity index (χ1v) is 13.9. The van der Waals surface area contributed by atoms with Gasteiger partial charge < -0.3 is 0 Å². The first kappa shape index (κ1) is 24.0. The van der Waals surface area contributed by atoms with Gasteiger partial charge in [0.25, 0.3) is 0 Å². The van der Waals surface area contributed by atoms with Crippen molar-refractivity contribution in [2.45, 2.75) is 71.1 Å². The third-order valence-corrected chi connectivity index (χ3v) is 8.59. The number of benzene rings is 2. The Bertz CT molecular complexity index is 1080. The lowest BCUT2D eigenvalue weighted by molar-refractivity contribution is 0.211. The molecule has 1 saturated carbocycles. The van der Waals surface area contributed by atoms with E-state index in [1.54, 1.807) is 0 Å².